The van der Waals surface area contributed by atoms with Gasteiger partial charge in [0, 0.05) is 44.1 Å². The second-order valence-electron chi connectivity index (χ2n) is 7.78. The number of nitrogens with zero attached hydrogens (tertiary/aromatic N) is 4. The molecule has 11 heteroatoms. The summed E-state index contributed by atoms with van der Waals surface area (Å²) in [6, 6.07) is 10.5. The molecule has 2 aliphatic rings. The number of anilines is 1. The van der Waals surface area contributed by atoms with Crippen molar-refractivity contribution in [2.75, 3.05) is 57.4 Å². The minimum absolute atomic E-state index is 0.160. The minimum atomic E-state index is -3.66. The van der Waals surface area contributed by atoms with Crippen LogP contribution in [0.15, 0.2) is 41.3 Å². The molecule has 4 heterocycles. The predicted octanol–water partition coefficient (Wildman–Crippen LogP) is 2.56. The van der Waals surface area contributed by atoms with Gasteiger partial charge in [-0.3, -0.25) is 4.90 Å². The van der Waals surface area contributed by atoms with Gasteiger partial charge in [0.2, 0.25) is 5.28 Å². The number of thiophene rings is 1. The summed E-state index contributed by atoms with van der Waals surface area (Å²) < 4.78 is 34.0. The summed E-state index contributed by atoms with van der Waals surface area (Å²) in [7, 11) is -3.66. The second kappa shape index (κ2) is 9.20. The number of nitrogens with one attached hydrogen (secondary N) is 1. The lowest BCUT2D eigenvalue weighted by atomic mass is 10.3. The first-order chi connectivity index (χ1) is 15.5. The molecule has 1 aromatic carbocycles. The van der Waals surface area contributed by atoms with Gasteiger partial charge in [0.1, 0.15) is 0 Å². The smallest absolute Gasteiger partial charge is 0.224 e. The average molecular weight is 494 g/mol. The molecule has 1 N–H and O–H groups in total. The van der Waals surface area contributed by atoms with Crippen LogP contribution in [0.25, 0.3) is 10.2 Å². The van der Waals surface area contributed by atoms with Gasteiger partial charge in [-0.05, 0) is 29.8 Å². The highest BCUT2D eigenvalue weighted by atomic mass is 35.5. The maximum atomic E-state index is 13.8. The van der Waals surface area contributed by atoms with Gasteiger partial charge in [-0.25, -0.2) is 13.4 Å². The zero-order valence-corrected chi connectivity index (χ0v) is 19.8. The van der Waals surface area contributed by atoms with Crippen LogP contribution in [-0.2, 0) is 14.6 Å². The van der Waals surface area contributed by atoms with Gasteiger partial charge in [0.25, 0.3) is 0 Å². The van der Waals surface area contributed by atoms with E-state index in [2.05, 4.69) is 20.2 Å². The van der Waals surface area contributed by atoms with Crippen LogP contribution in [0.1, 0.15) is 10.3 Å². The molecule has 0 radical (unpaired) electrons. The van der Waals surface area contributed by atoms with Gasteiger partial charge < -0.3 is 15.0 Å². The monoisotopic (exact) mass is 493 g/mol. The number of sulfone groups is 1. The van der Waals surface area contributed by atoms with Gasteiger partial charge in [-0.1, -0.05) is 18.2 Å². The van der Waals surface area contributed by atoms with E-state index in [-0.39, 0.29) is 5.28 Å². The maximum absolute atomic E-state index is 13.8. The number of rotatable bonds is 5. The summed E-state index contributed by atoms with van der Waals surface area (Å²) >= 11 is 7.70. The molecule has 8 nitrogen and oxygen atoms in total. The van der Waals surface area contributed by atoms with Crippen molar-refractivity contribution in [2.45, 2.75) is 10.3 Å². The first kappa shape index (κ1) is 22.0. The van der Waals surface area contributed by atoms with Crippen LogP contribution in [0.2, 0.25) is 5.28 Å². The Kier molecular flexibility index (Phi) is 6.33. The maximum Gasteiger partial charge on any atom is 0.224 e. The Morgan fingerprint density at radius 2 is 1.78 bits per heavy atom. The van der Waals surface area contributed by atoms with E-state index >= 15 is 0 Å². The topological polar surface area (TPSA) is 87.7 Å². The van der Waals surface area contributed by atoms with Crippen molar-refractivity contribution in [3.63, 3.8) is 0 Å². The largest absolute Gasteiger partial charge is 0.378 e. The molecule has 2 saturated heterocycles. The third-order valence-electron chi connectivity index (χ3n) is 5.75. The van der Waals surface area contributed by atoms with Gasteiger partial charge in [-0.2, -0.15) is 4.98 Å². The van der Waals surface area contributed by atoms with Crippen LogP contribution >= 0.6 is 22.9 Å². The molecule has 3 aromatic rings. The Morgan fingerprint density at radius 1 is 1.06 bits per heavy atom. The zero-order valence-electron chi connectivity index (χ0n) is 17.4. The second-order valence-corrected chi connectivity index (χ2v) is 11.2. The van der Waals surface area contributed by atoms with Crippen LogP contribution in [0, 0.1) is 0 Å². The molecule has 0 spiro atoms. The number of morpholine rings is 1. The molecule has 0 saturated carbocycles. The fourth-order valence-electron chi connectivity index (χ4n) is 4.20. The standard InChI is InChI=1S/C21H24ClN5O3S2/c22-21-24-16-14-17(31-18(16)19(25-21)26-10-12-30-13-11-26)20(27-8-6-23-7-9-27)32(28,29)15-4-2-1-3-5-15/h1-5,14,20,23H,6-13H2. The first-order valence-corrected chi connectivity index (χ1v) is 13.3. The summed E-state index contributed by atoms with van der Waals surface area (Å²) in [4.78, 5) is 14.1. The van der Waals surface area contributed by atoms with Crippen LogP contribution in [0.4, 0.5) is 5.82 Å². The molecule has 1 atom stereocenters. The summed E-state index contributed by atoms with van der Waals surface area (Å²) in [5.74, 6) is 0.746. The Morgan fingerprint density at radius 3 is 2.50 bits per heavy atom. The highest BCUT2D eigenvalue weighted by molar-refractivity contribution is 7.91. The third kappa shape index (κ3) is 4.23. The van der Waals surface area contributed by atoms with Crippen molar-refractivity contribution in [1.82, 2.24) is 20.2 Å². The number of halogens is 1. The van der Waals surface area contributed by atoms with Gasteiger partial charge in [-0.15, -0.1) is 11.3 Å². The molecular formula is C21H24ClN5O3S2. The molecule has 0 bridgehead atoms. The first-order valence-electron chi connectivity index (χ1n) is 10.6. The predicted molar refractivity (Wildman–Crippen MR) is 126 cm³/mol. The van der Waals surface area contributed by atoms with Crippen molar-refractivity contribution < 1.29 is 13.2 Å². The zero-order chi connectivity index (χ0) is 22.1. The van der Waals surface area contributed by atoms with E-state index in [1.54, 1.807) is 24.3 Å². The molecule has 32 heavy (non-hydrogen) atoms. The number of benzene rings is 1. The molecule has 2 aromatic heterocycles. The lowest BCUT2D eigenvalue weighted by Crippen LogP contribution is -2.46. The highest BCUT2D eigenvalue weighted by Gasteiger charge is 2.37. The fraction of sp³-hybridized carbons (Fsp3) is 0.429. The molecule has 1 unspecified atom stereocenters. The Labute approximate surface area is 196 Å². The van der Waals surface area contributed by atoms with Crippen LogP contribution in [0.3, 0.4) is 0 Å². The van der Waals surface area contributed by atoms with E-state index in [1.807, 2.05) is 17.0 Å². The van der Waals surface area contributed by atoms with E-state index in [1.165, 1.54) is 11.3 Å². The Hall–Kier alpha value is -1.82. The van der Waals surface area contributed by atoms with E-state index in [0.717, 1.165) is 28.5 Å². The van der Waals surface area contributed by atoms with Crippen LogP contribution in [-0.4, -0.2) is 75.8 Å². The van der Waals surface area contributed by atoms with Crippen molar-refractivity contribution >= 4 is 48.8 Å². The summed E-state index contributed by atoms with van der Waals surface area (Å²) in [5.41, 5.74) is 0.676. The van der Waals surface area contributed by atoms with Crippen molar-refractivity contribution in [3.8, 4) is 0 Å². The molecule has 170 valence electrons. The summed E-state index contributed by atoms with van der Waals surface area (Å²) in [5, 5.41) is 2.68. The number of piperazine rings is 1. The van der Waals surface area contributed by atoms with Crippen molar-refractivity contribution in [1.29, 1.82) is 0 Å². The molecule has 0 amide bonds. The van der Waals surface area contributed by atoms with Gasteiger partial charge in [0.15, 0.2) is 21.0 Å². The SMILES string of the molecule is O=S(=O)(c1ccccc1)C(c1cc2nc(Cl)nc(N3CCOCC3)c2s1)N1CCNCC1. The molecule has 2 fully saturated rings. The van der Waals surface area contributed by atoms with Gasteiger partial charge in [0.05, 0.1) is 28.3 Å². The quantitative estimate of drug-likeness (QED) is 0.542. The normalized spacial score (nSPS) is 19.3. The fourth-order valence-corrected chi connectivity index (χ4v) is 7.80. The third-order valence-corrected chi connectivity index (χ3v) is 9.31. The molecular weight excluding hydrogens is 470 g/mol. The lowest BCUT2D eigenvalue weighted by Gasteiger charge is -2.34. The van der Waals surface area contributed by atoms with Crippen LogP contribution < -0.4 is 10.2 Å². The Bertz CT molecular complexity index is 1190. The molecule has 2 aliphatic heterocycles. The van der Waals surface area contributed by atoms with Gasteiger partial charge >= 0.3 is 0 Å². The van der Waals surface area contributed by atoms with E-state index in [4.69, 9.17) is 16.3 Å². The molecule has 5 rings (SSSR count). The lowest BCUT2D eigenvalue weighted by molar-refractivity contribution is 0.122. The average Bonchev–Trinajstić information content (AvgIpc) is 3.23. The molecule has 0 aliphatic carbocycles. The summed E-state index contributed by atoms with van der Waals surface area (Å²) in [6.07, 6.45) is 0. The number of hydrogen-bond acceptors (Lipinski definition) is 9. The number of fused-ring (bicyclic) bond motifs is 1. The summed E-state index contributed by atoms with van der Waals surface area (Å²) in [6.45, 7) is 5.44. The van der Waals surface area contributed by atoms with Crippen molar-refractivity contribution in [3.05, 3.63) is 46.6 Å². The number of aromatic nitrogens is 2. The number of hydrogen-bond donors (Lipinski definition) is 1. The van der Waals surface area contributed by atoms with Crippen molar-refractivity contribution in [2.24, 2.45) is 0 Å². The van der Waals surface area contributed by atoms with Crippen LogP contribution in [0.5, 0.6) is 0 Å². The van der Waals surface area contributed by atoms with E-state index in [9.17, 15) is 8.42 Å². The van der Waals surface area contributed by atoms with E-state index in [0.29, 0.717) is 49.8 Å². The van der Waals surface area contributed by atoms with E-state index < -0.39 is 15.2 Å². The minimum Gasteiger partial charge on any atom is -0.378 e. The highest BCUT2D eigenvalue weighted by Crippen LogP contribution is 2.41. The Balaban J connectivity index is 1.63. The number of ether oxygens (including phenoxy) is 1.